The molecule has 2 unspecified atom stereocenters. The van der Waals surface area contributed by atoms with Crippen molar-refractivity contribution in [3.05, 3.63) is 34.9 Å². The summed E-state index contributed by atoms with van der Waals surface area (Å²) in [7, 11) is 0. The number of nitrogens with zero attached hydrogens (tertiary/aromatic N) is 1. The van der Waals surface area contributed by atoms with Crippen LogP contribution in [0.15, 0.2) is 18.2 Å². The topological polar surface area (TPSA) is 20.3 Å². The summed E-state index contributed by atoms with van der Waals surface area (Å²) in [5.41, 5.74) is 3.79. The molecule has 1 saturated heterocycles. The Morgan fingerprint density at radius 2 is 2.06 bits per heavy atom. The van der Waals surface area contributed by atoms with Crippen LogP contribution in [0.1, 0.15) is 36.1 Å². The van der Waals surface area contributed by atoms with Gasteiger partial charge < -0.3 is 4.90 Å². The number of amides is 1. The summed E-state index contributed by atoms with van der Waals surface area (Å²) in [4.78, 5) is 13.8. The Labute approximate surface area is 108 Å². The molecule has 0 N–H and O–H groups in total. The Kier molecular flexibility index (Phi) is 3.48. The van der Waals surface area contributed by atoms with Gasteiger partial charge in [-0.3, -0.25) is 4.79 Å². The number of carbonyl (C=O) groups is 1. The second kappa shape index (κ2) is 4.73. The number of hydrogen-bond donors (Lipinski definition) is 1. The molecule has 2 rings (SSSR count). The molecular formula is C14H19NOS. The van der Waals surface area contributed by atoms with Gasteiger partial charge in [0.05, 0.1) is 6.04 Å². The van der Waals surface area contributed by atoms with Crippen molar-refractivity contribution >= 4 is 18.5 Å². The van der Waals surface area contributed by atoms with Crippen LogP contribution in [-0.4, -0.2) is 22.6 Å². The van der Waals surface area contributed by atoms with Gasteiger partial charge in [-0.05, 0) is 37.5 Å². The van der Waals surface area contributed by atoms with Gasteiger partial charge in [0.1, 0.15) is 0 Å². The number of hydrogen-bond acceptors (Lipinski definition) is 2. The Hall–Kier alpha value is -0.960. The summed E-state index contributed by atoms with van der Waals surface area (Å²) in [6.07, 6.45) is 0.568. The summed E-state index contributed by atoms with van der Waals surface area (Å²) in [5.74, 6) is 0.218. The molecule has 3 heteroatoms. The van der Waals surface area contributed by atoms with E-state index in [1.807, 2.05) is 4.90 Å². The second-order valence-corrected chi connectivity index (χ2v) is 5.65. The van der Waals surface area contributed by atoms with Crippen LogP contribution in [0.25, 0.3) is 0 Å². The molecule has 92 valence electrons. The van der Waals surface area contributed by atoms with Crippen LogP contribution in [-0.2, 0) is 4.79 Å². The first-order valence-electron chi connectivity index (χ1n) is 6.03. The highest BCUT2D eigenvalue weighted by Crippen LogP contribution is 2.28. The Balaban J connectivity index is 2.22. The van der Waals surface area contributed by atoms with Crippen molar-refractivity contribution in [3.8, 4) is 0 Å². The van der Waals surface area contributed by atoms with E-state index in [1.165, 1.54) is 16.7 Å². The number of carbonyl (C=O) groups excluding carboxylic acids is 1. The van der Waals surface area contributed by atoms with Gasteiger partial charge in [0.2, 0.25) is 5.91 Å². The minimum Gasteiger partial charge on any atom is -0.335 e. The fraction of sp³-hybridized carbons (Fsp3) is 0.500. The summed E-state index contributed by atoms with van der Waals surface area (Å²) >= 11 is 4.39. The molecule has 2 atom stereocenters. The van der Waals surface area contributed by atoms with Gasteiger partial charge in [-0.2, -0.15) is 12.6 Å². The molecule has 0 aliphatic carbocycles. The van der Waals surface area contributed by atoms with Crippen LogP contribution in [0.2, 0.25) is 0 Å². The third-order valence-electron chi connectivity index (χ3n) is 3.62. The maximum absolute atomic E-state index is 11.8. The number of likely N-dealkylation sites (tertiary alicyclic amines) is 1. The van der Waals surface area contributed by atoms with E-state index in [0.717, 1.165) is 6.54 Å². The Morgan fingerprint density at radius 1 is 1.35 bits per heavy atom. The fourth-order valence-corrected chi connectivity index (χ4v) is 2.62. The van der Waals surface area contributed by atoms with Crippen molar-refractivity contribution < 1.29 is 4.79 Å². The monoisotopic (exact) mass is 249 g/mol. The highest BCUT2D eigenvalue weighted by Gasteiger charge is 2.31. The Bertz CT molecular complexity index is 444. The standard InChI is InChI=1S/C14H19NOS/c1-9-4-5-12(6-10(9)2)11(3)15-8-13(17)7-14(15)16/h4-6,11,13,17H,7-8H2,1-3H3. The molecule has 1 fully saturated rings. The lowest BCUT2D eigenvalue weighted by atomic mass is 10.0. The predicted molar refractivity (Wildman–Crippen MR) is 73.4 cm³/mol. The maximum Gasteiger partial charge on any atom is 0.224 e. The van der Waals surface area contributed by atoms with Gasteiger partial charge in [0.25, 0.3) is 0 Å². The molecule has 1 amide bonds. The van der Waals surface area contributed by atoms with Crippen LogP contribution < -0.4 is 0 Å². The van der Waals surface area contributed by atoms with Gasteiger partial charge in [0, 0.05) is 18.2 Å². The van der Waals surface area contributed by atoms with Crippen LogP contribution in [0.4, 0.5) is 0 Å². The van der Waals surface area contributed by atoms with E-state index in [4.69, 9.17) is 0 Å². The molecule has 1 aliphatic heterocycles. The molecule has 0 aromatic heterocycles. The number of benzene rings is 1. The highest BCUT2D eigenvalue weighted by molar-refractivity contribution is 7.81. The quantitative estimate of drug-likeness (QED) is 0.799. The van der Waals surface area contributed by atoms with E-state index in [9.17, 15) is 4.79 Å². The van der Waals surface area contributed by atoms with Crippen molar-refractivity contribution in [2.45, 2.75) is 38.5 Å². The van der Waals surface area contributed by atoms with Gasteiger partial charge in [-0.25, -0.2) is 0 Å². The van der Waals surface area contributed by atoms with E-state index in [2.05, 4.69) is 51.6 Å². The number of thiol groups is 1. The van der Waals surface area contributed by atoms with Crippen LogP contribution in [0.3, 0.4) is 0 Å². The number of aryl methyl sites for hydroxylation is 2. The van der Waals surface area contributed by atoms with Gasteiger partial charge in [-0.1, -0.05) is 18.2 Å². The zero-order valence-electron chi connectivity index (χ0n) is 10.6. The smallest absolute Gasteiger partial charge is 0.224 e. The normalized spacial score (nSPS) is 22.0. The number of rotatable bonds is 2. The van der Waals surface area contributed by atoms with E-state index in [1.54, 1.807) is 0 Å². The molecule has 0 saturated carbocycles. The molecule has 1 aromatic rings. The molecule has 2 nitrogen and oxygen atoms in total. The molecule has 1 aromatic carbocycles. The van der Waals surface area contributed by atoms with Crippen molar-refractivity contribution in [2.24, 2.45) is 0 Å². The van der Waals surface area contributed by atoms with Crippen LogP contribution >= 0.6 is 12.6 Å². The Morgan fingerprint density at radius 3 is 2.59 bits per heavy atom. The minimum atomic E-state index is 0.152. The SMILES string of the molecule is Cc1ccc(C(C)N2CC(S)CC2=O)cc1C. The predicted octanol–water partition coefficient (Wildman–Crippen LogP) is 2.90. The fourth-order valence-electron chi connectivity index (χ4n) is 2.29. The lowest BCUT2D eigenvalue weighted by Gasteiger charge is -2.25. The average Bonchev–Trinajstić information content (AvgIpc) is 2.61. The summed E-state index contributed by atoms with van der Waals surface area (Å²) in [5, 5.41) is 0.191. The first-order valence-corrected chi connectivity index (χ1v) is 6.55. The second-order valence-electron chi connectivity index (χ2n) is 4.92. The molecule has 1 heterocycles. The van der Waals surface area contributed by atoms with E-state index >= 15 is 0 Å². The third kappa shape index (κ3) is 2.49. The van der Waals surface area contributed by atoms with E-state index < -0.39 is 0 Å². The largest absolute Gasteiger partial charge is 0.335 e. The summed E-state index contributed by atoms with van der Waals surface area (Å²) in [6, 6.07) is 6.57. The molecule has 0 radical (unpaired) electrons. The first-order chi connectivity index (χ1) is 7.99. The average molecular weight is 249 g/mol. The molecule has 17 heavy (non-hydrogen) atoms. The van der Waals surface area contributed by atoms with E-state index in [-0.39, 0.29) is 17.2 Å². The summed E-state index contributed by atoms with van der Waals surface area (Å²) < 4.78 is 0. The van der Waals surface area contributed by atoms with Crippen molar-refractivity contribution in [1.29, 1.82) is 0 Å². The molecule has 1 aliphatic rings. The molecule has 0 spiro atoms. The maximum atomic E-state index is 11.8. The van der Waals surface area contributed by atoms with Gasteiger partial charge in [-0.15, -0.1) is 0 Å². The van der Waals surface area contributed by atoms with E-state index in [0.29, 0.717) is 6.42 Å². The minimum absolute atomic E-state index is 0.152. The summed E-state index contributed by atoms with van der Waals surface area (Å²) in [6.45, 7) is 7.07. The zero-order valence-corrected chi connectivity index (χ0v) is 11.5. The van der Waals surface area contributed by atoms with Crippen molar-refractivity contribution in [2.75, 3.05) is 6.54 Å². The first kappa shape index (κ1) is 12.5. The lowest BCUT2D eigenvalue weighted by Crippen LogP contribution is -2.28. The van der Waals surface area contributed by atoms with Crippen LogP contribution in [0.5, 0.6) is 0 Å². The third-order valence-corrected chi connectivity index (χ3v) is 3.96. The van der Waals surface area contributed by atoms with Crippen molar-refractivity contribution in [3.63, 3.8) is 0 Å². The van der Waals surface area contributed by atoms with Gasteiger partial charge >= 0.3 is 0 Å². The molecular weight excluding hydrogens is 230 g/mol. The highest BCUT2D eigenvalue weighted by atomic mass is 32.1. The molecule has 0 bridgehead atoms. The van der Waals surface area contributed by atoms with Crippen LogP contribution in [0, 0.1) is 13.8 Å². The zero-order chi connectivity index (χ0) is 12.6. The van der Waals surface area contributed by atoms with Gasteiger partial charge in [0.15, 0.2) is 0 Å². The lowest BCUT2D eigenvalue weighted by molar-refractivity contribution is -0.129. The van der Waals surface area contributed by atoms with Crippen molar-refractivity contribution in [1.82, 2.24) is 4.90 Å².